The summed E-state index contributed by atoms with van der Waals surface area (Å²) in [5, 5.41) is 8.00. The molecule has 0 atom stereocenters. The third-order valence-corrected chi connectivity index (χ3v) is 7.09. The molecule has 2 heterocycles. The number of anilines is 1. The predicted octanol–water partition coefficient (Wildman–Crippen LogP) is 3.70. The molecule has 0 saturated heterocycles. The Kier molecular flexibility index (Phi) is 7.00. The van der Waals surface area contributed by atoms with Crippen molar-refractivity contribution >= 4 is 32.7 Å². The van der Waals surface area contributed by atoms with Gasteiger partial charge in [0.05, 0.1) is 17.8 Å². The number of aromatic nitrogens is 3. The molecule has 3 rings (SSSR count). The van der Waals surface area contributed by atoms with E-state index in [2.05, 4.69) is 15.4 Å². The molecule has 2 aromatic heterocycles. The number of fused-ring (bicyclic) bond motifs is 1. The highest BCUT2D eigenvalue weighted by atomic mass is 32.2. The third-order valence-electron chi connectivity index (χ3n) is 5.21. The number of rotatable bonds is 8. The quantitative estimate of drug-likeness (QED) is 0.556. The number of para-hydroxylation sites is 1. The van der Waals surface area contributed by atoms with Gasteiger partial charge in [0.15, 0.2) is 0 Å². The van der Waals surface area contributed by atoms with E-state index in [1.807, 2.05) is 45.9 Å². The molecule has 0 bridgehead atoms. The van der Waals surface area contributed by atoms with Gasteiger partial charge < -0.3 is 5.32 Å². The number of carbonyl (C=O) groups is 1. The first kappa shape index (κ1) is 23.9. The summed E-state index contributed by atoms with van der Waals surface area (Å²) in [6.45, 7) is 8.05. The molecular weight excluding hydrogens is 426 g/mol. The van der Waals surface area contributed by atoms with Gasteiger partial charge in [-0.05, 0) is 18.6 Å². The Balaban J connectivity index is 1.88. The van der Waals surface area contributed by atoms with Gasteiger partial charge in [0.25, 0.3) is 0 Å². The average Bonchev–Trinajstić information content (AvgIpc) is 3.11. The summed E-state index contributed by atoms with van der Waals surface area (Å²) in [7, 11) is -2.18. The highest BCUT2D eigenvalue weighted by molar-refractivity contribution is 7.89. The molecule has 0 saturated carbocycles. The van der Waals surface area contributed by atoms with Crippen molar-refractivity contribution < 1.29 is 13.2 Å². The van der Waals surface area contributed by atoms with Crippen molar-refractivity contribution in [2.75, 3.05) is 18.4 Å². The Labute approximate surface area is 189 Å². The van der Waals surface area contributed by atoms with Crippen molar-refractivity contribution in [1.82, 2.24) is 19.1 Å². The number of unbranched alkanes of at least 4 members (excludes halogenated alkanes) is 1. The Morgan fingerprint density at radius 1 is 1.19 bits per heavy atom. The number of sulfonamides is 1. The van der Waals surface area contributed by atoms with Crippen molar-refractivity contribution in [2.45, 2.75) is 50.8 Å². The second kappa shape index (κ2) is 9.38. The minimum Gasteiger partial charge on any atom is -0.310 e. The van der Waals surface area contributed by atoms with Gasteiger partial charge in [-0.15, -0.1) is 0 Å². The van der Waals surface area contributed by atoms with Crippen LogP contribution >= 0.6 is 0 Å². The SMILES string of the molecule is CCCCN(CC(=O)Nc1cc(C(C)(C)C)nn1C)S(=O)(=O)c1cccc2cccnc12. The monoisotopic (exact) mass is 457 g/mol. The largest absolute Gasteiger partial charge is 0.310 e. The maximum Gasteiger partial charge on any atom is 0.245 e. The maximum atomic E-state index is 13.5. The van der Waals surface area contributed by atoms with Gasteiger partial charge in [-0.25, -0.2) is 8.42 Å². The van der Waals surface area contributed by atoms with Gasteiger partial charge in [-0.1, -0.05) is 52.3 Å². The van der Waals surface area contributed by atoms with Gasteiger partial charge >= 0.3 is 0 Å². The summed E-state index contributed by atoms with van der Waals surface area (Å²) in [5.41, 5.74) is 1.07. The number of hydrogen-bond donors (Lipinski definition) is 1. The molecule has 0 aliphatic heterocycles. The predicted molar refractivity (Wildman–Crippen MR) is 126 cm³/mol. The number of hydrogen-bond acceptors (Lipinski definition) is 5. The molecule has 0 fully saturated rings. The van der Waals surface area contributed by atoms with Crippen LogP contribution in [-0.4, -0.2) is 46.5 Å². The normalized spacial score (nSPS) is 12.4. The fourth-order valence-corrected chi connectivity index (χ4v) is 4.94. The lowest BCUT2D eigenvalue weighted by molar-refractivity contribution is -0.116. The van der Waals surface area contributed by atoms with E-state index in [9.17, 15) is 13.2 Å². The Hall–Kier alpha value is -2.78. The standard InChI is InChI=1S/C23H31N5O3S/c1-6-7-14-28(16-21(29)25-20-15-19(23(2,3)4)26-27(20)5)32(30,31)18-12-8-10-17-11-9-13-24-22(17)18/h8-13,15H,6-7,14,16H2,1-5H3,(H,25,29). The van der Waals surface area contributed by atoms with Crippen LogP contribution in [0.2, 0.25) is 0 Å². The molecule has 0 aliphatic carbocycles. The molecule has 0 spiro atoms. The summed E-state index contributed by atoms with van der Waals surface area (Å²) in [6, 6.07) is 10.5. The topological polar surface area (TPSA) is 97.2 Å². The van der Waals surface area contributed by atoms with Crippen LogP contribution in [-0.2, 0) is 27.3 Å². The zero-order chi connectivity index (χ0) is 23.5. The molecular formula is C23H31N5O3S. The lowest BCUT2D eigenvalue weighted by Gasteiger charge is -2.22. The highest BCUT2D eigenvalue weighted by Crippen LogP contribution is 2.25. The summed E-state index contributed by atoms with van der Waals surface area (Å²) in [6.07, 6.45) is 3.02. The van der Waals surface area contributed by atoms with Crippen molar-refractivity contribution in [2.24, 2.45) is 7.05 Å². The van der Waals surface area contributed by atoms with Crippen LogP contribution in [0.4, 0.5) is 5.82 Å². The molecule has 1 amide bonds. The fourth-order valence-electron chi connectivity index (χ4n) is 3.34. The van der Waals surface area contributed by atoms with E-state index in [0.717, 1.165) is 17.5 Å². The highest BCUT2D eigenvalue weighted by Gasteiger charge is 2.29. The first-order chi connectivity index (χ1) is 15.0. The molecule has 0 radical (unpaired) electrons. The first-order valence-corrected chi connectivity index (χ1v) is 12.2. The van der Waals surface area contributed by atoms with Gasteiger partial charge in [0, 0.05) is 36.7 Å². The second-order valence-corrected chi connectivity index (χ2v) is 10.8. The van der Waals surface area contributed by atoms with Crippen molar-refractivity contribution in [3.8, 4) is 0 Å². The maximum absolute atomic E-state index is 13.5. The molecule has 0 aliphatic rings. The summed E-state index contributed by atoms with van der Waals surface area (Å²) in [4.78, 5) is 17.2. The van der Waals surface area contributed by atoms with Crippen LogP contribution in [0, 0.1) is 0 Å². The molecule has 172 valence electrons. The van der Waals surface area contributed by atoms with Crippen LogP contribution < -0.4 is 5.32 Å². The zero-order valence-corrected chi connectivity index (χ0v) is 20.1. The smallest absolute Gasteiger partial charge is 0.245 e. The average molecular weight is 458 g/mol. The summed E-state index contributed by atoms with van der Waals surface area (Å²) >= 11 is 0. The zero-order valence-electron chi connectivity index (χ0n) is 19.3. The minimum atomic E-state index is -3.93. The van der Waals surface area contributed by atoms with Crippen LogP contribution in [0.1, 0.15) is 46.2 Å². The Bertz CT molecular complexity index is 1210. The lowest BCUT2D eigenvalue weighted by atomic mass is 9.92. The van der Waals surface area contributed by atoms with E-state index in [1.54, 1.807) is 30.1 Å². The van der Waals surface area contributed by atoms with Crippen molar-refractivity contribution in [1.29, 1.82) is 0 Å². The van der Waals surface area contributed by atoms with E-state index in [4.69, 9.17) is 0 Å². The lowest BCUT2D eigenvalue weighted by Crippen LogP contribution is -2.39. The van der Waals surface area contributed by atoms with E-state index in [1.165, 1.54) is 10.4 Å². The Morgan fingerprint density at radius 3 is 2.56 bits per heavy atom. The van der Waals surface area contributed by atoms with Gasteiger partial charge in [-0.2, -0.15) is 9.40 Å². The molecule has 1 aromatic carbocycles. The van der Waals surface area contributed by atoms with Gasteiger partial charge in [0.1, 0.15) is 10.7 Å². The molecule has 9 heteroatoms. The molecule has 32 heavy (non-hydrogen) atoms. The number of carbonyl (C=O) groups excluding carboxylic acids is 1. The van der Waals surface area contributed by atoms with E-state index >= 15 is 0 Å². The third kappa shape index (κ3) is 5.16. The number of nitrogens with one attached hydrogen (secondary N) is 1. The number of benzene rings is 1. The molecule has 0 unspecified atom stereocenters. The van der Waals surface area contributed by atoms with Crippen molar-refractivity contribution in [3.05, 3.63) is 48.3 Å². The van der Waals surface area contributed by atoms with Crippen LogP contribution in [0.5, 0.6) is 0 Å². The second-order valence-electron chi connectivity index (χ2n) is 8.86. The van der Waals surface area contributed by atoms with E-state index < -0.39 is 15.9 Å². The van der Waals surface area contributed by atoms with E-state index in [-0.39, 0.29) is 23.4 Å². The van der Waals surface area contributed by atoms with Crippen LogP contribution in [0.15, 0.2) is 47.5 Å². The number of amides is 1. The van der Waals surface area contributed by atoms with Gasteiger partial charge in [0.2, 0.25) is 15.9 Å². The molecule has 8 nitrogen and oxygen atoms in total. The van der Waals surface area contributed by atoms with E-state index in [0.29, 0.717) is 17.8 Å². The summed E-state index contributed by atoms with van der Waals surface area (Å²) in [5.74, 6) is 0.112. The fraction of sp³-hybridized carbons (Fsp3) is 0.435. The van der Waals surface area contributed by atoms with Crippen molar-refractivity contribution in [3.63, 3.8) is 0 Å². The number of pyridine rings is 1. The number of nitrogens with zero attached hydrogens (tertiary/aromatic N) is 4. The minimum absolute atomic E-state index is 0.107. The summed E-state index contributed by atoms with van der Waals surface area (Å²) < 4.78 is 29.9. The molecule has 3 aromatic rings. The first-order valence-electron chi connectivity index (χ1n) is 10.7. The van der Waals surface area contributed by atoms with Gasteiger partial charge in [-0.3, -0.25) is 14.5 Å². The van der Waals surface area contributed by atoms with Crippen LogP contribution in [0.3, 0.4) is 0 Å². The number of aryl methyl sites for hydroxylation is 1. The Morgan fingerprint density at radius 2 is 1.91 bits per heavy atom. The molecule has 1 N–H and O–H groups in total. The van der Waals surface area contributed by atoms with Crippen LogP contribution in [0.25, 0.3) is 10.9 Å².